The minimum Gasteiger partial charge on any atom is -0.349 e. The van der Waals surface area contributed by atoms with Crippen molar-refractivity contribution in [3.63, 3.8) is 0 Å². The number of hydrogen-bond acceptors (Lipinski definition) is 4. The van der Waals surface area contributed by atoms with E-state index in [4.69, 9.17) is 18.9 Å². The quantitative estimate of drug-likeness (QED) is 0.869. The third kappa shape index (κ3) is 3.16. The summed E-state index contributed by atoms with van der Waals surface area (Å²) in [7, 11) is 0. The van der Waals surface area contributed by atoms with E-state index in [-0.39, 0.29) is 18.5 Å². The van der Waals surface area contributed by atoms with Gasteiger partial charge in [-0.1, -0.05) is 54.6 Å². The molecular weight excluding hydrogens is 292 g/mol. The van der Waals surface area contributed by atoms with Gasteiger partial charge in [-0.25, -0.2) is 0 Å². The zero-order chi connectivity index (χ0) is 15.5. The summed E-state index contributed by atoms with van der Waals surface area (Å²) in [5.74, 6) is -0.0650. The molecule has 23 heavy (non-hydrogen) atoms. The normalized spacial score (nSPS) is 19.7. The molecule has 0 unspecified atom stereocenters. The summed E-state index contributed by atoms with van der Waals surface area (Å²) in [5.41, 5.74) is 3.51. The zero-order valence-corrected chi connectivity index (χ0v) is 12.9. The standard InChI is InChI=1S/C19H20O4/c1-2-4-14(5-3-1)15-6-8-16(9-7-15)17(18-20-10-11-21-18)19-22-12-13-23-19/h1-9,17-19H,10-13H2. The Balaban J connectivity index is 1.60. The van der Waals surface area contributed by atoms with Gasteiger partial charge >= 0.3 is 0 Å². The first-order valence-corrected chi connectivity index (χ1v) is 8.03. The average Bonchev–Trinajstić information content (AvgIpc) is 3.31. The second kappa shape index (κ2) is 6.81. The molecule has 4 rings (SSSR count). The van der Waals surface area contributed by atoms with Crippen molar-refractivity contribution < 1.29 is 18.9 Å². The maximum atomic E-state index is 5.71. The Morgan fingerprint density at radius 3 is 1.61 bits per heavy atom. The van der Waals surface area contributed by atoms with Gasteiger partial charge in [-0.05, 0) is 16.7 Å². The Morgan fingerprint density at radius 2 is 1.09 bits per heavy atom. The lowest BCUT2D eigenvalue weighted by molar-refractivity contribution is -0.145. The molecule has 0 bridgehead atoms. The van der Waals surface area contributed by atoms with Crippen LogP contribution in [0.5, 0.6) is 0 Å². The molecule has 0 atom stereocenters. The van der Waals surface area contributed by atoms with Crippen molar-refractivity contribution >= 4 is 0 Å². The monoisotopic (exact) mass is 312 g/mol. The van der Waals surface area contributed by atoms with E-state index in [1.807, 2.05) is 18.2 Å². The molecule has 0 saturated carbocycles. The van der Waals surface area contributed by atoms with Crippen LogP contribution in [-0.4, -0.2) is 39.0 Å². The van der Waals surface area contributed by atoms with Crippen LogP contribution in [0, 0.1) is 0 Å². The summed E-state index contributed by atoms with van der Waals surface area (Å²) < 4.78 is 22.9. The van der Waals surface area contributed by atoms with Crippen molar-refractivity contribution in [2.24, 2.45) is 0 Å². The Kier molecular flexibility index (Phi) is 4.39. The van der Waals surface area contributed by atoms with E-state index in [1.165, 1.54) is 11.1 Å². The van der Waals surface area contributed by atoms with E-state index in [9.17, 15) is 0 Å². The number of hydrogen-bond donors (Lipinski definition) is 0. The summed E-state index contributed by atoms with van der Waals surface area (Å²) in [6.07, 6.45) is -0.610. The van der Waals surface area contributed by atoms with Crippen LogP contribution in [0.3, 0.4) is 0 Å². The second-order valence-corrected chi connectivity index (χ2v) is 5.73. The third-order valence-corrected chi connectivity index (χ3v) is 4.28. The molecule has 4 heteroatoms. The van der Waals surface area contributed by atoms with E-state index >= 15 is 0 Å². The Morgan fingerprint density at radius 1 is 0.609 bits per heavy atom. The van der Waals surface area contributed by atoms with E-state index < -0.39 is 0 Å². The molecule has 2 aromatic carbocycles. The van der Waals surface area contributed by atoms with Crippen LogP contribution in [0.25, 0.3) is 11.1 Å². The maximum absolute atomic E-state index is 5.71. The summed E-state index contributed by atoms with van der Waals surface area (Å²) in [6, 6.07) is 18.8. The molecule has 0 amide bonds. The SMILES string of the molecule is c1ccc(-c2ccc(C(C3OCCO3)C3OCCO3)cc2)cc1. The highest BCUT2D eigenvalue weighted by molar-refractivity contribution is 5.63. The van der Waals surface area contributed by atoms with Gasteiger partial charge in [0.25, 0.3) is 0 Å². The summed E-state index contributed by atoms with van der Waals surface area (Å²) in [4.78, 5) is 0. The predicted molar refractivity (Wildman–Crippen MR) is 86.0 cm³/mol. The van der Waals surface area contributed by atoms with Gasteiger partial charge in [0, 0.05) is 0 Å². The molecule has 0 aromatic heterocycles. The zero-order valence-electron chi connectivity index (χ0n) is 12.9. The maximum Gasteiger partial charge on any atom is 0.169 e. The number of ether oxygens (including phenoxy) is 4. The average molecular weight is 312 g/mol. The predicted octanol–water partition coefficient (Wildman–Crippen LogP) is 3.18. The highest BCUT2D eigenvalue weighted by Crippen LogP contribution is 2.34. The van der Waals surface area contributed by atoms with Crippen LogP contribution in [0.1, 0.15) is 11.5 Å². The summed E-state index contributed by atoms with van der Waals surface area (Å²) in [6.45, 7) is 2.48. The molecule has 0 N–H and O–H groups in total. The first-order chi connectivity index (χ1) is 11.4. The molecule has 2 fully saturated rings. The minimum absolute atomic E-state index is 0.0650. The molecule has 0 aliphatic carbocycles. The van der Waals surface area contributed by atoms with Crippen LogP contribution < -0.4 is 0 Å². The van der Waals surface area contributed by atoms with E-state index in [0.29, 0.717) is 26.4 Å². The molecule has 2 aliphatic rings. The van der Waals surface area contributed by atoms with E-state index in [0.717, 1.165) is 5.56 Å². The van der Waals surface area contributed by atoms with Crippen molar-refractivity contribution in [3.05, 3.63) is 60.2 Å². The first kappa shape index (κ1) is 14.8. The van der Waals surface area contributed by atoms with Gasteiger partial charge in [-0.3, -0.25) is 0 Å². The lowest BCUT2D eigenvalue weighted by atomic mass is 9.95. The number of benzene rings is 2. The lowest BCUT2D eigenvalue weighted by Crippen LogP contribution is -2.31. The highest BCUT2D eigenvalue weighted by atomic mass is 16.7. The van der Waals surface area contributed by atoms with Crippen LogP contribution in [0.2, 0.25) is 0 Å². The molecule has 120 valence electrons. The molecule has 0 radical (unpaired) electrons. The van der Waals surface area contributed by atoms with Gasteiger partial charge in [-0.15, -0.1) is 0 Å². The molecule has 0 spiro atoms. The van der Waals surface area contributed by atoms with E-state index in [1.54, 1.807) is 0 Å². The van der Waals surface area contributed by atoms with Crippen molar-refractivity contribution in [3.8, 4) is 11.1 Å². The van der Waals surface area contributed by atoms with Crippen LogP contribution in [0.15, 0.2) is 54.6 Å². The van der Waals surface area contributed by atoms with Gasteiger partial charge in [0.05, 0.1) is 32.3 Å². The molecule has 2 aliphatic heterocycles. The van der Waals surface area contributed by atoms with E-state index in [2.05, 4.69) is 36.4 Å². The van der Waals surface area contributed by atoms with Gasteiger partial charge < -0.3 is 18.9 Å². The largest absolute Gasteiger partial charge is 0.349 e. The summed E-state index contributed by atoms with van der Waals surface area (Å²) in [5, 5.41) is 0. The second-order valence-electron chi connectivity index (χ2n) is 5.73. The molecular formula is C19H20O4. The number of rotatable bonds is 4. The fourth-order valence-corrected chi connectivity index (χ4v) is 3.14. The van der Waals surface area contributed by atoms with Gasteiger partial charge in [-0.2, -0.15) is 0 Å². The third-order valence-electron chi connectivity index (χ3n) is 4.28. The molecule has 2 heterocycles. The van der Waals surface area contributed by atoms with Gasteiger partial charge in [0.15, 0.2) is 12.6 Å². The van der Waals surface area contributed by atoms with Crippen molar-refractivity contribution in [2.45, 2.75) is 18.5 Å². The molecule has 2 saturated heterocycles. The van der Waals surface area contributed by atoms with Gasteiger partial charge in [0.1, 0.15) is 0 Å². The summed E-state index contributed by atoms with van der Waals surface area (Å²) >= 11 is 0. The van der Waals surface area contributed by atoms with Crippen LogP contribution in [0.4, 0.5) is 0 Å². The fraction of sp³-hybridized carbons (Fsp3) is 0.368. The minimum atomic E-state index is -0.305. The molecule has 4 nitrogen and oxygen atoms in total. The topological polar surface area (TPSA) is 36.9 Å². The fourth-order valence-electron chi connectivity index (χ4n) is 3.14. The lowest BCUT2D eigenvalue weighted by Gasteiger charge is -2.27. The van der Waals surface area contributed by atoms with Gasteiger partial charge in [0.2, 0.25) is 0 Å². The smallest absolute Gasteiger partial charge is 0.169 e. The van der Waals surface area contributed by atoms with Crippen LogP contribution in [-0.2, 0) is 18.9 Å². The Labute approximate surface area is 135 Å². The molecule has 2 aromatic rings. The van der Waals surface area contributed by atoms with Crippen molar-refractivity contribution in [1.29, 1.82) is 0 Å². The Hall–Kier alpha value is -1.72. The van der Waals surface area contributed by atoms with Crippen LogP contribution >= 0.6 is 0 Å². The first-order valence-electron chi connectivity index (χ1n) is 8.03. The van der Waals surface area contributed by atoms with Crippen molar-refractivity contribution in [1.82, 2.24) is 0 Å². The highest BCUT2D eigenvalue weighted by Gasteiger charge is 2.38. The van der Waals surface area contributed by atoms with Crippen molar-refractivity contribution in [2.75, 3.05) is 26.4 Å². The Bertz CT molecular complexity index is 598.